The molecule has 1 fully saturated rings. The normalized spacial score (nSPS) is 18.6. The molecule has 9 heteroatoms. The summed E-state index contributed by atoms with van der Waals surface area (Å²) in [6, 6.07) is 5.19. The highest BCUT2D eigenvalue weighted by atomic mass is 35.5. The number of carbonyl (C=O) groups is 4. The first-order chi connectivity index (χ1) is 11.3. The summed E-state index contributed by atoms with van der Waals surface area (Å²) in [4.78, 5) is 47.7. The van der Waals surface area contributed by atoms with Crippen LogP contribution in [0, 0.1) is 0 Å². The van der Waals surface area contributed by atoms with Crippen LogP contribution in [0.4, 0.5) is 5.69 Å². The maximum Gasteiger partial charge on any atom is 0.327 e. The fraction of sp³-hybridized carbons (Fsp3) is 0.333. The first-order valence-electron chi connectivity index (χ1n) is 7.03. The van der Waals surface area contributed by atoms with E-state index in [1.807, 2.05) is 0 Å². The molecule has 1 heterocycles. The Hall–Kier alpha value is -2.06. The number of carbonyl (C=O) groups excluding carboxylic acids is 3. The fourth-order valence-corrected chi connectivity index (χ4v) is 3.51. The summed E-state index contributed by atoms with van der Waals surface area (Å²) in [5.41, 5.74) is 0.425. The molecule has 24 heavy (non-hydrogen) atoms. The predicted octanol–water partition coefficient (Wildman–Crippen LogP) is 1.29. The van der Waals surface area contributed by atoms with Crippen molar-refractivity contribution in [2.75, 3.05) is 10.7 Å². The summed E-state index contributed by atoms with van der Waals surface area (Å²) in [5.74, 6) is -2.43. The maximum absolute atomic E-state index is 12.4. The van der Waals surface area contributed by atoms with E-state index in [0.717, 1.165) is 16.7 Å². The van der Waals surface area contributed by atoms with Gasteiger partial charge < -0.3 is 10.4 Å². The van der Waals surface area contributed by atoms with Crippen LogP contribution in [0.3, 0.4) is 0 Å². The largest absolute Gasteiger partial charge is 0.480 e. The Morgan fingerprint density at radius 2 is 2.00 bits per heavy atom. The molecule has 1 aromatic rings. The van der Waals surface area contributed by atoms with Crippen LogP contribution < -0.4 is 10.2 Å². The Bertz CT molecular complexity index is 679. The van der Waals surface area contributed by atoms with Crippen molar-refractivity contribution in [1.29, 1.82) is 0 Å². The second-order valence-corrected chi connectivity index (χ2v) is 6.83. The van der Waals surface area contributed by atoms with Gasteiger partial charge in [0.1, 0.15) is 6.04 Å². The molecular weight excluding hydrogens is 356 g/mol. The van der Waals surface area contributed by atoms with E-state index in [9.17, 15) is 19.2 Å². The highest BCUT2D eigenvalue weighted by molar-refractivity contribution is 8.00. The van der Waals surface area contributed by atoms with Gasteiger partial charge in [-0.25, -0.2) is 9.69 Å². The van der Waals surface area contributed by atoms with Gasteiger partial charge in [0.15, 0.2) is 0 Å². The standard InChI is InChI=1S/C15H15ClN2O5S/c1-8(19)17-11(15(22)23)7-24-12-6-13(20)18(14(12)21)10-4-2-9(16)3-5-10/h2-5,11-12H,6-7H2,1H3,(H,17,19)(H,22,23)/t11-,12-/m1/s1. The first kappa shape index (κ1) is 18.3. The number of nitrogens with zero attached hydrogens (tertiary/aromatic N) is 1. The third-order valence-electron chi connectivity index (χ3n) is 3.33. The van der Waals surface area contributed by atoms with E-state index in [1.54, 1.807) is 24.3 Å². The van der Waals surface area contributed by atoms with E-state index in [-0.39, 0.29) is 18.1 Å². The molecule has 2 atom stereocenters. The van der Waals surface area contributed by atoms with E-state index in [1.165, 1.54) is 6.92 Å². The molecule has 2 N–H and O–H groups in total. The number of carboxylic acid groups (broad SMARTS) is 1. The number of anilines is 1. The van der Waals surface area contributed by atoms with Gasteiger partial charge in [0, 0.05) is 24.1 Å². The Morgan fingerprint density at radius 3 is 2.54 bits per heavy atom. The van der Waals surface area contributed by atoms with Crippen molar-refractivity contribution < 1.29 is 24.3 Å². The van der Waals surface area contributed by atoms with Gasteiger partial charge in [-0.15, -0.1) is 11.8 Å². The monoisotopic (exact) mass is 370 g/mol. The summed E-state index contributed by atoms with van der Waals surface area (Å²) in [5, 5.41) is 11.2. The van der Waals surface area contributed by atoms with Crippen LogP contribution in [0.25, 0.3) is 0 Å². The second-order valence-electron chi connectivity index (χ2n) is 5.16. The quantitative estimate of drug-likeness (QED) is 0.731. The molecule has 1 aliphatic heterocycles. The lowest BCUT2D eigenvalue weighted by Crippen LogP contribution is -2.42. The molecule has 0 radical (unpaired) electrons. The van der Waals surface area contributed by atoms with Crippen molar-refractivity contribution in [3.63, 3.8) is 0 Å². The molecule has 3 amide bonds. The number of hydrogen-bond acceptors (Lipinski definition) is 5. The van der Waals surface area contributed by atoms with E-state index in [4.69, 9.17) is 16.7 Å². The Kier molecular flexibility index (Phi) is 5.84. The smallest absolute Gasteiger partial charge is 0.327 e. The molecule has 0 spiro atoms. The Labute approximate surface area is 147 Å². The van der Waals surface area contributed by atoms with Crippen molar-refractivity contribution in [2.24, 2.45) is 0 Å². The highest BCUT2D eigenvalue weighted by Crippen LogP contribution is 2.30. The van der Waals surface area contributed by atoms with Crippen LogP contribution in [0.5, 0.6) is 0 Å². The van der Waals surface area contributed by atoms with Gasteiger partial charge in [-0.2, -0.15) is 0 Å². The van der Waals surface area contributed by atoms with Crippen molar-refractivity contribution in [1.82, 2.24) is 5.32 Å². The molecule has 1 aromatic carbocycles. The minimum absolute atomic E-state index is 0.00689. The average molecular weight is 371 g/mol. The van der Waals surface area contributed by atoms with Crippen LogP contribution in [0.1, 0.15) is 13.3 Å². The third kappa shape index (κ3) is 4.27. The molecule has 2 rings (SSSR count). The lowest BCUT2D eigenvalue weighted by molar-refractivity contribution is -0.140. The van der Waals surface area contributed by atoms with Crippen LogP contribution in [-0.4, -0.2) is 45.8 Å². The average Bonchev–Trinajstić information content (AvgIpc) is 2.78. The van der Waals surface area contributed by atoms with Gasteiger partial charge in [0.25, 0.3) is 0 Å². The van der Waals surface area contributed by atoms with E-state index in [2.05, 4.69) is 5.32 Å². The summed E-state index contributed by atoms with van der Waals surface area (Å²) in [7, 11) is 0. The van der Waals surface area contributed by atoms with E-state index < -0.39 is 29.1 Å². The Morgan fingerprint density at radius 1 is 1.38 bits per heavy atom. The molecular formula is C15H15ClN2O5S. The van der Waals surface area contributed by atoms with Gasteiger partial charge in [0.2, 0.25) is 17.7 Å². The molecule has 0 saturated carbocycles. The number of amides is 3. The van der Waals surface area contributed by atoms with Crippen LogP contribution in [0.2, 0.25) is 5.02 Å². The zero-order chi connectivity index (χ0) is 17.9. The SMILES string of the molecule is CC(=O)N[C@H](CS[C@@H]1CC(=O)N(c2ccc(Cl)cc2)C1=O)C(=O)O. The number of thioether (sulfide) groups is 1. The summed E-state index contributed by atoms with van der Waals surface area (Å²) < 4.78 is 0. The van der Waals surface area contributed by atoms with Crippen molar-refractivity contribution in [2.45, 2.75) is 24.6 Å². The number of hydrogen-bond donors (Lipinski definition) is 2. The molecule has 7 nitrogen and oxygen atoms in total. The molecule has 0 aromatic heterocycles. The molecule has 0 bridgehead atoms. The van der Waals surface area contributed by atoms with Gasteiger partial charge >= 0.3 is 5.97 Å². The zero-order valence-corrected chi connectivity index (χ0v) is 14.3. The van der Waals surface area contributed by atoms with Gasteiger partial charge in [-0.3, -0.25) is 14.4 Å². The van der Waals surface area contributed by atoms with Gasteiger partial charge in [-0.1, -0.05) is 11.6 Å². The van der Waals surface area contributed by atoms with E-state index in [0.29, 0.717) is 10.7 Å². The van der Waals surface area contributed by atoms with Crippen molar-refractivity contribution in [3.8, 4) is 0 Å². The fourth-order valence-electron chi connectivity index (χ4n) is 2.23. The van der Waals surface area contributed by atoms with Gasteiger partial charge in [-0.05, 0) is 24.3 Å². The van der Waals surface area contributed by atoms with Crippen molar-refractivity contribution >= 4 is 52.7 Å². The summed E-state index contributed by atoms with van der Waals surface area (Å²) in [6.07, 6.45) is -0.0153. The molecule has 0 unspecified atom stereocenters. The highest BCUT2D eigenvalue weighted by Gasteiger charge is 2.40. The molecule has 128 valence electrons. The van der Waals surface area contributed by atoms with Crippen LogP contribution in [0.15, 0.2) is 24.3 Å². The number of halogens is 1. The number of rotatable bonds is 6. The zero-order valence-electron chi connectivity index (χ0n) is 12.7. The van der Waals surface area contributed by atoms with Crippen molar-refractivity contribution in [3.05, 3.63) is 29.3 Å². The predicted molar refractivity (Wildman–Crippen MR) is 90.0 cm³/mol. The van der Waals surface area contributed by atoms with Crippen LogP contribution >= 0.6 is 23.4 Å². The topological polar surface area (TPSA) is 104 Å². The van der Waals surface area contributed by atoms with Gasteiger partial charge in [0.05, 0.1) is 10.9 Å². The number of nitrogens with one attached hydrogen (secondary N) is 1. The number of aliphatic carboxylic acids is 1. The van der Waals surface area contributed by atoms with E-state index >= 15 is 0 Å². The maximum atomic E-state index is 12.4. The second kappa shape index (κ2) is 7.67. The summed E-state index contributed by atoms with van der Waals surface area (Å²) >= 11 is 6.84. The third-order valence-corrected chi connectivity index (χ3v) is 4.88. The molecule has 0 aliphatic carbocycles. The Balaban J connectivity index is 2.04. The minimum Gasteiger partial charge on any atom is -0.480 e. The number of benzene rings is 1. The lowest BCUT2D eigenvalue weighted by Gasteiger charge is -2.16. The molecule has 1 saturated heterocycles. The number of imide groups is 1. The number of carboxylic acids is 1. The van der Waals surface area contributed by atoms with Crippen LogP contribution in [-0.2, 0) is 19.2 Å². The first-order valence-corrected chi connectivity index (χ1v) is 8.46. The summed E-state index contributed by atoms with van der Waals surface area (Å²) in [6.45, 7) is 1.22. The minimum atomic E-state index is -1.19. The molecule has 1 aliphatic rings. The lowest BCUT2D eigenvalue weighted by atomic mass is 10.3.